The quantitative estimate of drug-likeness (QED) is 0.730. The third-order valence-corrected chi connectivity index (χ3v) is 3.36. The number of carbonyl (C=O) groups excluding carboxylic acids is 1. The minimum Gasteiger partial charge on any atom is -0.497 e. The lowest BCUT2D eigenvalue weighted by atomic mass is 10.2. The van der Waals surface area contributed by atoms with Crippen molar-refractivity contribution in [3.05, 3.63) is 54.1 Å². The molecule has 6 nitrogen and oxygen atoms in total. The SMILES string of the molecule is COc1ccc(COC[C@@H](O)COc2ccc(NC(C)=O)cc2)cc1. The van der Waals surface area contributed by atoms with Crippen molar-refractivity contribution in [1.29, 1.82) is 0 Å². The maximum atomic E-state index is 11.0. The summed E-state index contributed by atoms with van der Waals surface area (Å²) in [5.41, 5.74) is 1.70. The van der Waals surface area contributed by atoms with Crippen LogP contribution in [0, 0.1) is 0 Å². The van der Waals surface area contributed by atoms with E-state index in [1.807, 2.05) is 24.3 Å². The molecule has 0 radical (unpaired) electrons. The summed E-state index contributed by atoms with van der Waals surface area (Å²) < 4.78 is 16.1. The molecular weight excluding hydrogens is 322 g/mol. The lowest BCUT2D eigenvalue weighted by Gasteiger charge is -2.13. The number of methoxy groups -OCH3 is 1. The topological polar surface area (TPSA) is 77.0 Å². The second kappa shape index (κ2) is 9.66. The van der Waals surface area contributed by atoms with E-state index < -0.39 is 6.10 Å². The molecule has 1 atom stereocenters. The Balaban J connectivity index is 1.67. The lowest BCUT2D eigenvalue weighted by molar-refractivity contribution is -0.114. The van der Waals surface area contributed by atoms with E-state index in [9.17, 15) is 9.90 Å². The molecule has 0 aliphatic rings. The normalized spacial score (nSPS) is 11.6. The number of ether oxygens (including phenoxy) is 3. The number of hydrogen-bond donors (Lipinski definition) is 2. The van der Waals surface area contributed by atoms with Crippen molar-refractivity contribution in [2.45, 2.75) is 19.6 Å². The molecule has 2 N–H and O–H groups in total. The lowest BCUT2D eigenvalue weighted by Crippen LogP contribution is -2.23. The van der Waals surface area contributed by atoms with Gasteiger partial charge in [0.1, 0.15) is 24.2 Å². The number of amides is 1. The molecule has 0 aliphatic carbocycles. The van der Waals surface area contributed by atoms with Crippen molar-refractivity contribution in [1.82, 2.24) is 0 Å². The van der Waals surface area contributed by atoms with Gasteiger partial charge in [0.15, 0.2) is 0 Å². The Morgan fingerprint density at radius 3 is 2.28 bits per heavy atom. The van der Waals surface area contributed by atoms with Crippen LogP contribution in [0.5, 0.6) is 11.5 Å². The van der Waals surface area contributed by atoms with Gasteiger partial charge in [0, 0.05) is 12.6 Å². The molecule has 2 aromatic carbocycles. The molecule has 0 saturated heterocycles. The number of benzene rings is 2. The van der Waals surface area contributed by atoms with E-state index in [4.69, 9.17) is 14.2 Å². The Morgan fingerprint density at radius 2 is 1.68 bits per heavy atom. The summed E-state index contributed by atoms with van der Waals surface area (Å²) in [6.07, 6.45) is -0.728. The minimum atomic E-state index is -0.728. The Hall–Kier alpha value is -2.57. The van der Waals surface area contributed by atoms with Crippen molar-refractivity contribution in [2.75, 3.05) is 25.6 Å². The van der Waals surface area contributed by atoms with Crippen LogP contribution in [0.3, 0.4) is 0 Å². The van der Waals surface area contributed by atoms with E-state index in [1.165, 1.54) is 6.92 Å². The summed E-state index contributed by atoms with van der Waals surface area (Å²) in [4.78, 5) is 11.0. The fourth-order valence-corrected chi connectivity index (χ4v) is 2.11. The Kier molecular flexibility index (Phi) is 7.25. The molecule has 2 rings (SSSR count). The molecule has 0 fully saturated rings. The first-order valence-electron chi connectivity index (χ1n) is 7.96. The van der Waals surface area contributed by atoms with Crippen LogP contribution in [-0.2, 0) is 16.1 Å². The maximum Gasteiger partial charge on any atom is 0.221 e. The summed E-state index contributed by atoms with van der Waals surface area (Å²) in [5, 5.41) is 12.6. The Labute approximate surface area is 147 Å². The molecular formula is C19H23NO5. The summed E-state index contributed by atoms with van der Waals surface area (Å²) in [6.45, 7) is 2.16. The third-order valence-electron chi connectivity index (χ3n) is 3.36. The third kappa shape index (κ3) is 6.82. The average molecular weight is 345 g/mol. The highest BCUT2D eigenvalue weighted by atomic mass is 16.5. The van der Waals surface area contributed by atoms with Gasteiger partial charge in [-0.25, -0.2) is 0 Å². The summed E-state index contributed by atoms with van der Waals surface area (Å²) in [7, 11) is 1.62. The van der Waals surface area contributed by atoms with Gasteiger partial charge in [-0.3, -0.25) is 4.79 Å². The first-order chi connectivity index (χ1) is 12.1. The molecule has 0 heterocycles. The number of hydrogen-bond acceptors (Lipinski definition) is 5. The van der Waals surface area contributed by atoms with Crippen molar-refractivity contribution in [3.8, 4) is 11.5 Å². The van der Waals surface area contributed by atoms with Crippen molar-refractivity contribution in [3.63, 3.8) is 0 Å². The Bertz CT molecular complexity index is 655. The molecule has 134 valence electrons. The van der Waals surface area contributed by atoms with Gasteiger partial charge in [-0.15, -0.1) is 0 Å². The van der Waals surface area contributed by atoms with E-state index in [0.29, 0.717) is 18.0 Å². The van der Waals surface area contributed by atoms with Crippen LogP contribution in [0.15, 0.2) is 48.5 Å². The van der Waals surface area contributed by atoms with Crippen molar-refractivity contribution < 1.29 is 24.1 Å². The maximum absolute atomic E-state index is 11.0. The summed E-state index contributed by atoms with van der Waals surface area (Å²) in [6, 6.07) is 14.5. The predicted molar refractivity (Wildman–Crippen MR) is 94.9 cm³/mol. The number of anilines is 1. The van der Waals surface area contributed by atoms with Crippen LogP contribution in [0.4, 0.5) is 5.69 Å². The molecule has 0 aliphatic heterocycles. The second-order valence-electron chi connectivity index (χ2n) is 5.53. The molecule has 0 saturated carbocycles. The zero-order valence-electron chi connectivity index (χ0n) is 14.4. The molecule has 2 aromatic rings. The highest BCUT2D eigenvalue weighted by Gasteiger charge is 2.06. The zero-order valence-corrected chi connectivity index (χ0v) is 14.4. The minimum absolute atomic E-state index is 0.127. The van der Waals surface area contributed by atoms with Crippen LogP contribution in [0.1, 0.15) is 12.5 Å². The van der Waals surface area contributed by atoms with Gasteiger partial charge in [0.2, 0.25) is 5.91 Å². The van der Waals surface area contributed by atoms with Crippen LogP contribution >= 0.6 is 0 Å². The second-order valence-corrected chi connectivity index (χ2v) is 5.53. The van der Waals surface area contributed by atoms with Crippen molar-refractivity contribution in [2.24, 2.45) is 0 Å². The van der Waals surface area contributed by atoms with Crippen LogP contribution < -0.4 is 14.8 Å². The number of aliphatic hydroxyl groups is 1. The highest BCUT2D eigenvalue weighted by Crippen LogP contribution is 2.16. The monoisotopic (exact) mass is 345 g/mol. The van der Waals surface area contributed by atoms with E-state index in [2.05, 4.69) is 5.32 Å². The van der Waals surface area contributed by atoms with Gasteiger partial charge >= 0.3 is 0 Å². The van der Waals surface area contributed by atoms with E-state index in [1.54, 1.807) is 31.4 Å². The van der Waals surface area contributed by atoms with E-state index in [0.717, 1.165) is 11.3 Å². The van der Waals surface area contributed by atoms with Gasteiger partial charge in [-0.05, 0) is 42.0 Å². The zero-order chi connectivity index (χ0) is 18.1. The summed E-state index contributed by atoms with van der Waals surface area (Å²) >= 11 is 0. The number of aliphatic hydroxyl groups excluding tert-OH is 1. The molecule has 0 bridgehead atoms. The smallest absolute Gasteiger partial charge is 0.221 e. The largest absolute Gasteiger partial charge is 0.497 e. The molecule has 0 aromatic heterocycles. The summed E-state index contributed by atoms with van der Waals surface area (Å²) in [5.74, 6) is 1.28. The first kappa shape index (κ1) is 18.8. The van der Waals surface area contributed by atoms with Gasteiger partial charge in [0.25, 0.3) is 0 Å². The molecule has 0 unspecified atom stereocenters. The average Bonchev–Trinajstić information content (AvgIpc) is 2.61. The number of nitrogens with one attached hydrogen (secondary N) is 1. The van der Waals surface area contributed by atoms with Gasteiger partial charge in [-0.1, -0.05) is 12.1 Å². The van der Waals surface area contributed by atoms with E-state index in [-0.39, 0.29) is 19.1 Å². The fourth-order valence-electron chi connectivity index (χ4n) is 2.11. The van der Waals surface area contributed by atoms with Crippen LogP contribution in [0.25, 0.3) is 0 Å². The standard InChI is InChI=1S/C19H23NO5/c1-14(21)20-16-5-9-19(10-6-16)25-13-17(22)12-24-11-15-3-7-18(23-2)8-4-15/h3-10,17,22H,11-13H2,1-2H3,(H,20,21)/t17-/m1/s1. The van der Waals surface area contributed by atoms with Gasteiger partial charge in [0.05, 0.1) is 20.3 Å². The molecule has 25 heavy (non-hydrogen) atoms. The van der Waals surface area contributed by atoms with Gasteiger partial charge < -0.3 is 24.6 Å². The van der Waals surface area contributed by atoms with Crippen LogP contribution in [0.2, 0.25) is 0 Å². The number of rotatable bonds is 9. The van der Waals surface area contributed by atoms with Gasteiger partial charge in [-0.2, -0.15) is 0 Å². The van der Waals surface area contributed by atoms with Crippen LogP contribution in [-0.4, -0.2) is 37.4 Å². The predicted octanol–water partition coefficient (Wildman–Crippen LogP) is 2.61. The molecule has 6 heteroatoms. The van der Waals surface area contributed by atoms with Crippen molar-refractivity contribution >= 4 is 11.6 Å². The highest BCUT2D eigenvalue weighted by molar-refractivity contribution is 5.88. The number of carbonyl (C=O) groups is 1. The molecule has 1 amide bonds. The van der Waals surface area contributed by atoms with E-state index >= 15 is 0 Å². The first-order valence-corrected chi connectivity index (χ1v) is 7.96. The Morgan fingerprint density at radius 1 is 1.04 bits per heavy atom. The fraction of sp³-hybridized carbons (Fsp3) is 0.316. The molecule has 0 spiro atoms.